The van der Waals surface area contributed by atoms with Crippen molar-refractivity contribution >= 4 is 5.97 Å². The van der Waals surface area contributed by atoms with Gasteiger partial charge in [-0.3, -0.25) is 4.79 Å². The molecule has 0 bridgehead atoms. The second-order valence-electron chi connectivity index (χ2n) is 7.26. The zero-order chi connectivity index (χ0) is 14.9. The van der Waals surface area contributed by atoms with Crippen LogP contribution in [0.5, 0.6) is 0 Å². The first kappa shape index (κ1) is 15.3. The van der Waals surface area contributed by atoms with Gasteiger partial charge in [-0.15, -0.1) is 0 Å². The molecule has 1 N–H and O–H groups in total. The van der Waals surface area contributed by atoms with Crippen molar-refractivity contribution in [2.24, 2.45) is 11.8 Å². The van der Waals surface area contributed by atoms with Crippen molar-refractivity contribution in [3.05, 3.63) is 0 Å². The molecule has 0 saturated heterocycles. The number of likely N-dealkylation sites (N-methyl/N-ethyl adjacent to an activating group) is 1. The molecule has 120 valence electrons. The summed E-state index contributed by atoms with van der Waals surface area (Å²) in [4.78, 5) is 15.0. The van der Waals surface area contributed by atoms with Crippen LogP contribution < -0.4 is 5.32 Å². The minimum atomic E-state index is -0.427. The molecule has 4 heteroatoms. The lowest BCUT2D eigenvalue weighted by atomic mass is 9.84. The smallest absolute Gasteiger partial charge is 0.326 e. The van der Waals surface area contributed by atoms with E-state index in [1.807, 2.05) is 7.05 Å². The SMILES string of the molecule is CNC1(C(=O)OC)CCCC1CCN(CC1CC1)C1CC1. The number of nitrogens with one attached hydrogen (secondary N) is 1. The average Bonchev–Trinajstić information content (AvgIpc) is 3.41. The van der Waals surface area contributed by atoms with E-state index in [1.165, 1.54) is 39.3 Å². The van der Waals surface area contributed by atoms with Gasteiger partial charge in [-0.25, -0.2) is 0 Å². The minimum absolute atomic E-state index is 0.0623. The van der Waals surface area contributed by atoms with Gasteiger partial charge in [0.2, 0.25) is 0 Å². The predicted octanol–water partition coefficient (Wildman–Crippen LogP) is 2.18. The molecule has 0 aliphatic heterocycles. The van der Waals surface area contributed by atoms with Crippen LogP contribution in [-0.2, 0) is 9.53 Å². The summed E-state index contributed by atoms with van der Waals surface area (Å²) in [6.45, 7) is 2.45. The molecule has 0 radical (unpaired) electrons. The van der Waals surface area contributed by atoms with Crippen LogP contribution in [0.3, 0.4) is 0 Å². The summed E-state index contributed by atoms with van der Waals surface area (Å²) >= 11 is 0. The van der Waals surface area contributed by atoms with E-state index in [2.05, 4.69) is 10.2 Å². The molecule has 0 spiro atoms. The molecular weight excluding hydrogens is 264 g/mol. The Kier molecular flexibility index (Phi) is 4.55. The normalized spacial score (nSPS) is 32.6. The van der Waals surface area contributed by atoms with Gasteiger partial charge >= 0.3 is 5.97 Å². The minimum Gasteiger partial charge on any atom is -0.468 e. The Morgan fingerprint density at radius 1 is 1.29 bits per heavy atom. The fourth-order valence-electron chi connectivity index (χ4n) is 4.17. The van der Waals surface area contributed by atoms with E-state index in [1.54, 1.807) is 0 Å². The maximum atomic E-state index is 12.3. The number of carbonyl (C=O) groups excluding carboxylic acids is 1. The number of carbonyl (C=O) groups is 1. The van der Waals surface area contributed by atoms with Gasteiger partial charge in [0.15, 0.2) is 0 Å². The molecule has 4 nitrogen and oxygen atoms in total. The van der Waals surface area contributed by atoms with Crippen LogP contribution >= 0.6 is 0 Å². The van der Waals surface area contributed by atoms with Gasteiger partial charge in [0.1, 0.15) is 5.54 Å². The summed E-state index contributed by atoms with van der Waals surface area (Å²) in [5, 5.41) is 3.31. The van der Waals surface area contributed by atoms with E-state index in [0.717, 1.165) is 44.2 Å². The van der Waals surface area contributed by atoms with Crippen LogP contribution in [0.1, 0.15) is 51.4 Å². The second-order valence-corrected chi connectivity index (χ2v) is 7.26. The molecule has 21 heavy (non-hydrogen) atoms. The molecule has 3 rings (SSSR count). The van der Waals surface area contributed by atoms with Gasteiger partial charge in [-0.2, -0.15) is 0 Å². The highest BCUT2D eigenvalue weighted by atomic mass is 16.5. The third-order valence-electron chi connectivity index (χ3n) is 5.83. The maximum Gasteiger partial charge on any atom is 0.326 e. The number of esters is 1. The number of nitrogens with zero attached hydrogens (tertiary/aromatic N) is 1. The lowest BCUT2D eigenvalue weighted by Gasteiger charge is -2.34. The summed E-state index contributed by atoms with van der Waals surface area (Å²) in [6.07, 6.45) is 9.94. The van der Waals surface area contributed by atoms with E-state index in [9.17, 15) is 4.79 Å². The Bertz CT molecular complexity index is 379. The average molecular weight is 294 g/mol. The lowest BCUT2D eigenvalue weighted by Crippen LogP contribution is -2.54. The molecule has 0 aromatic rings. The van der Waals surface area contributed by atoms with Crippen molar-refractivity contribution in [3.63, 3.8) is 0 Å². The van der Waals surface area contributed by atoms with Crippen LogP contribution in [0.4, 0.5) is 0 Å². The molecular formula is C17H30N2O2. The number of hydrogen-bond donors (Lipinski definition) is 1. The highest BCUT2D eigenvalue weighted by molar-refractivity contribution is 5.81. The first-order chi connectivity index (χ1) is 10.2. The summed E-state index contributed by atoms with van der Waals surface area (Å²) in [5.74, 6) is 1.33. The van der Waals surface area contributed by atoms with Crippen LogP contribution in [0.2, 0.25) is 0 Å². The van der Waals surface area contributed by atoms with Crippen LogP contribution in [-0.4, -0.2) is 49.7 Å². The van der Waals surface area contributed by atoms with Gasteiger partial charge in [0.05, 0.1) is 7.11 Å². The molecule has 3 aliphatic carbocycles. The zero-order valence-corrected chi connectivity index (χ0v) is 13.6. The summed E-state index contributed by atoms with van der Waals surface area (Å²) < 4.78 is 5.08. The Hall–Kier alpha value is -0.610. The van der Waals surface area contributed by atoms with Crippen molar-refractivity contribution in [2.45, 2.75) is 62.9 Å². The quantitative estimate of drug-likeness (QED) is 0.697. The predicted molar refractivity (Wildman–Crippen MR) is 83.1 cm³/mol. The highest BCUT2D eigenvalue weighted by Crippen LogP contribution is 2.40. The van der Waals surface area contributed by atoms with E-state index in [-0.39, 0.29) is 5.97 Å². The fraction of sp³-hybridized carbons (Fsp3) is 0.941. The first-order valence-electron chi connectivity index (χ1n) is 8.71. The largest absolute Gasteiger partial charge is 0.468 e. The number of methoxy groups -OCH3 is 1. The standard InChI is InChI=1S/C17H30N2O2/c1-18-17(16(20)21-2)10-3-4-14(17)9-11-19(15-7-8-15)12-13-5-6-13/h13-15,18H,3-12H2,1-2H3. The Labute approximate surface area is 128 Å². The Morgan fingerprint density at radius 2 is 2.05 bits per heavy atom. The molecule has 3 fully saturated rings. The van der Waals surface area contributed by atoms with Gasteiger partial charge in [-0.1, -0.05) is 6.42 Å². The van der Waals surface area contributed by atoms with Gasteiger partial charge in [-0.05, 0) is 70.4 Å². The second kappa shape index (κ2) is 6.25. The monoisotopic (exact) mass is 294 g/mol. The van der Waals surface area contributed by atoms with Crippen LogP contribution in [0, 0.1) is 11.8 Å². The lowest BCUT2D eigenvalue weighted by molar-refractivity contribution is -0.150. The van der Waals surface area contributed by atoms with Crippen LogP contribution in [0.25, 0.3) is 0 Å². The zero-order valence-electron chi connectivity index (χ0n) is 13.6. The Balaban J connectivity index is 1.58. The van der Waals surface area contributed by atoms with Gasteiger partial charge in [0, 0.05) is 12.6 Å². The third kappa shape index (κ3) is 3.26. The van der Waals surface area contributed by atoms with E-state index < -0.39 is 5.54 Å². The molecule has 2 atom stereocenters. The van der Waals surface area contributed by atoms with Crippen molar-refractivity contribution in [1.82, 2.24) is 10.2 Å². The van der Waals surface area contributed by atoms with Gasteiger partial charge < -0.3 is 15.0 Å². The number of hydrogen-bond acceptors (Lipinski definition) is 4. The Morgan fingerprint density at radius 3 is 2.62 bits per heavy atom. The highest BCUT2D eigenvalue weighted by Gasteiger charge is 2.48. The molecule has 3 aliphatic rings. The topological polar surface area (TPSA) is 41.6 Å². The van der Waals surface area contributed by atoms with Crippen LogP contribution in [0.15, 0.2) is 0 Å². The third-order valence-corrected chi connectivity index (χ3v) is 5.83. The fourth-order valence-corrected chi connectivity index (χ4v) is 4.17. The molecule has 0 amide bonds. The molecule has 2 unspecified atom stereocenters. The van der Waals surface area contributed by atoms with Gasteiger partial charge in [0.25, 0.3) is 0 Å². The van der Waals surface area contributed by atoms with E-state index >= 15 is 0 Å². The number of rotatable bonds is 8. The maximum absolute atomic E-state index is 12.3. The summed E-state index contributed by atoms with van der Waals surface area (Å²) in [5.41, 5.74) is -0.427. The molecule has 0 aromatic carbocycles. The molecule has 0 aromatic heterocycles. The molecule has 3 saturated carbocycles. The van der Waals surface area contributed by atoms with Crippen molar-refractivity contribution in [2.75, 3.05) is 27.2 Å². The van der Waals surface area contributed by atoms with E-state index in [4.69, 9.17) is 4.74 Å². The first-order valence-corrected chi connectivity index (χ1v) is 8.71. The van der Waals surface area contributed by atoms with Crippen molar-refractivity contribution in [3.8, 4) is 0 Å². The summed E-state index contributed by atoms with van der Waals surface area (Å²) in [6, 6.07) is 0.842. The van der Waals surface area contributed by atoms with E-state index in [0.29, 0.717) is 5.92 Å². The number of ether oxygens (including phenoxy) is 1. The summed E-state index contributed by atoms with van der Waals surface area (Å²) in [7, 11) is 3.43. The molecule has 0 heterocycles. The van der Waals surface area contributed by atoms with Crippen molar-refractivity contribution < 1.29 is 9.53 Å². The van der Waals surface area contributed by atoms with Crippen molar-refractivity contribution in [1.29, 1.82) is 0 Å².